The third-order valence-electron chi connectivity index (χ3n) is 13.3. The number of unbranched alkanes of at least 4 members (excludes halogenated alkanes) is 35. The number of rotatable bonds is 54. The molecule has 68 heavy (non-hydrogen) atoms. The fourth-order valence-electron chi connectivity index (χ4n) is 8.85. The van der Waals surface area contributed by atoms with Crippen LogP contribution in [0.1, 0.15) is 296 Å². The van der Waals surface area contributed by atoms with E-state index in [9.17, 15) is 15.0 Å². The molecule has 0 aromatic heterocycles. The number of nitrogens with one attached hydrogen (secondary N) is 1. The maximum absolute atomic E-state index is 12.5. The van der Waals surface area contributed by atoms with E-state index in [0.29, 0.717) is 6.42 Å². The largest absolute Gasteiger partial charge is 0.394 e. The molecule has 0 aliphatic heterocycles. The fourth-order valence-corrected chi connectivity index (χ4v) is 8.85. The second-order valence-corrected chi connectivity index (χ2v) is 20.0. The summed E-state index contributed by atoms with van der Waals surface area (Å²) in [6.45, 7) is 4.20. The van der Waals surface area contributed by atoms with Crippen molar-refractivity contribution in [2.24, 2.45) is 0 Å². The van der Waals surface area contributed by atoms with Gasteiger partial charge in [-0.1, -0.05) is 292 Å². The van der Waals surface area contributed by atoms with Gasteiger partial charge in [-0.2, -0.15) is 0 Å². The van der Waals surface area contributed by atoms with Crippen molar-refractivity contribution in [3.05, 3.63) is 85.1 Å². The van der Waals surface area contributed by atoms with E-state index in [0.717, 1.165) is 64.2 Å². The van der Waals surface area contributed by atoms with Crippen LogP contribution in [0.5, 0.6) is 0 Å². The van der Waals surface area contributed by atoms with E-state index in [4.69, 9.17) is 0 Å². The first-order chi connectivity index (χ1) is 33.7. The average molecular weight is 947 g/mol. The van der Waals surface area contributed by atoms with Crippen molar-refractivity contribution < 1.29 is 15.0 Å². The summed E-state index contributed by atoms with van der Waals surface area (Å²) in [5.41, 5.74) is 0. The molecule has 0 radical (unpaired) electrons. The second-order valence-electron chi connectivity index (χ2n) is 20.0. The molecular weight excluding hydrogens is 831 g/mol. The van der Waals surface area contributed by atoms with Gasteiger partial charge in [0.1, 0.15) is 0 Å². The van der Waals surface area contributed by atoms with Crippen LogP contribution in [-0.4, -0.2) is 34.9 Å². The summed E-state index contributed by atoms with van der Waals surface area (Å²) in [6.07, 6.45) is 86.2. The topological polar surface area (TPSA) is 69.6 Å². The molecule has 0 fully saturated rings. The summed E-state index contributed by atoms with van der Waals surface area (Å²) in [5, 5.41) is 23.2. The Labute approximate surface area is 424 Å². The lowest BCUT2D eigenvalue weighted by Crippen LogP contribution is -2.45. The van der Waals surface area contributed by atoms with Gasteiger partial charge in [0.25, 0.3) is 0 Å². The molecule has 0 aliphatic carbocycles. The zero-order chi connectivity index (χ0) is 49.2. The van der Waals surface area contributed by atoms with Crippen molar-refractivity contribution in [3.8, 4) is 0 Å². The van der Waals surface area contributed by atoms with Crippen molar-refractivity contribution in [1.29, 1.82) is 0 Å². The third-order valence-corrected chi connectivity index (χ3v) is 13.3. The number of amides is 1. The van der Waals surface area contributed by atoms with Gasteiger partial charge in [0.05, 0.1) is 18.8 Å². The highest BCUT2D eigenvalue weighted by Gasteiger charge is 2.18. The smallest absolute Gasteiger partial charge is 0.220 e. The molecule has 1 amide bonds. The van der Waals surface area contributed by atoms with E-state index < -0.39 is 12.1 Å². The Morgan fingerprint density at radius 1 is 0.368 bits per heavy atom. The summed E-state index contributed by atoms with van der Waals surface area (Å²) in [7, 11) is 0. The Hall–Kier alpha value is -2.43. The highest BCUT2D eigenvalue weighted by molar-refractivity contribution is 5.76. The van der Waals surface area contributed by atoms with Crippen molar-refractivity contribution in [2.75, 3.05) is 6.61 Å². The average Bonchev–Trinajstić information content (AvgIpc) is 3.34. The zero-order valence-corrected chi connectivity index (χ0v) is 45.4. The van der Waals surface area contributed by atoms with Crippen LogP contribution in [0.15, 0.2) is 85.1 Å². The fraction of sp³-hybridized carbons (Fsp3) is 0.766. The van der Waals surface area contributed by atoms with Crippen LogP contribution in [0.2, 0.25) is 0 Å². The van der Waals surface area contributed by atoms with E-state index in [-0.39, 0.29) is 12.5 Å². The first kappa shape index (κ1) is 65.6. The van der Waals surface area contributed by atoms with Gasteiger partial charge in [0.15, 0.2) is 0 Å². The van der Waals surface area contributed by atoms with E-state index in [1.54, 1.807) is 6.08 Å². The van der Waals surface area contributed by atoms with Crippen molar-refractivity contribution >= 4 is 5.91 Å². The summed E-state index contributed by atoms with van der Waals surface area (Å²) in [5.74, 6) is -0.0774. The molecule has 0 saturated heterocycles. The number of carbonyl (C=O) groups excluding carboxylic acids is 1. The Morgan fingerprint density at radius 2 is 0.662 bits per heavy atom. The van der Waals surface area contributed by atoms with Crippen molar-refractivity contribution in [1.82, 2.24) is 5.32 Å². The Kier molecular flexibility index (Phi) is 56.8. The quantitative estimate of drug-likeness (QED) is 0.0420. The van der Waals surface area contributed by atoms with Crippen LogP contribution in [0.4, 0.5) is 0 Å². The van der Waals surface area contributed by atoms with Crippen molar-refractivity contribution in [3.63, 3.8) is 0 Å². The highest BCUT2D eigenvalue weighted by Crippen LogP contribution is 2.17. The molecule has 0 saturated carbocycles. The minimum absolute atomic E-state index is 0.0774. The predicted octanol–water partition coefficient (Wildman–Crippen LogP) is 19.9. The van der Waals surface area contributed by atoms with Gasteiger partial charge in [-0.3, -0.25) is 4.79 Å². The van der Waals surface area contributed by atoms with Gasteiger partial charge in [-0.05, 0) is 83.5 Å². The van der Waals surface area contributed by atoms with Gasteiger partial charge in [-0.15, -0.1) is 0 Å². The Bertz CT molecular complexity index is 1210. The predicted molar refractivity (Wildman–Crippen MR) is 303 cm³/mol. The molecule has 0 aliphatic rings. The molecule has 4 nitrogen and oxygen atoms in total. The second kappa shape index (κ2) is 58.9. The normalized spacial score (nSPS) is 13.4. The maximum Gasteiger partial charge on any atom is 0.220 e. The summed E-state index contributed by atoms with van der Waals surface area (Å²) < 4.78 is 0. The lowest BCUT2D eigenvalue weighted by Gasteiger charge is -2.19. The third kappa shape index (κ3) is 54.5. The number of aliphatic hydroxyl groups excluding tert-OH is 2. The van der Waals surface area contributed by atoms with Gasteiger partial charge in [0, 0.05) is 6.42 Å². The highest BCUT2D eigenvalue weighted by atomic mass is 16.3. The summed E-state index contributed by atoms with van der Waals surface area (Å²) >= 11 is 0. The lowest BCUT2D eigenvalue weighted by atomic mass is 10.0. The number of hydrogen-bond donors (Lipinski definition) is 3. The monoisotopic (exact) mass is 946 g/mol. The first-order valence-corrected chi connectivity index (χ1v) is 29.8. The molecule has 3 N–H and O–H groups in total. The van der Waals surface area contributed by atoms with Crippen LogP contribution in [0, 0.1) is 0 Å². The minimum Gasteiger partial charge on any atom is -0.394 e. The van der Waals surface area contributed by atoms with E-state index in [1.807, 2.05) is 6.08 Å². The maximum atomic E-state index is 12.5. The molecule has 0 spiro atoms. The van der Waals surface area contributed by atoms with E-state index in [2.05, 4.69) is 92.1 Å². The lowest BCUT2D eigenvalue weighted by molar-refractivity contribution is -0.123. The number of carbonyl (C=O) groups is 1. The van der Waals surface area contributed by atoms with Gasteiger partial charge >= 0.3 is 0 Å². The number of allylic oxidation sites excluding steroid dienone is 13. The van der Waals surface area contributed by atoms with Crippen molar-refractivity contribution in [2.45, 2.75) is 309 Å². The molecule has 0 rings (SSSR count). The molecular formula is C64H115NO3. The van der Waals surface area contributed by atoms with Gasteiger partial charge in [0.2, 0.25) is 5.91 Å². The molecule has 0 aromatic carbocycles. The van der Waals surface area contributed by atoms with Crippen LogP contribution in [-0.2, 0) is 4.79 Å². The van der Waals surface area contributed by atoms with Crippen LogP contribution in [0.3, 0.4) is 0 Å². The van der Waals surface area contributed by atoms with Gasteiger partial charge in [-0.25, -0.2) is 0 Å². The summed E-state index contributed by atoms with van der Waals surface area (Å²) in [6, 6.07) is -0.650. The summed E-state index contributed by atoms with van der Waals surface area (Å²) in [4.78, 5) is 12.5. The molecule has 0 aromatic rings. The van der Waals surface area contributed by atoms with Crippen LogP contribution < -0.4 is 5.32 Å². The SMILES string of the molecule is CC/C=C\C/C=C\C/C=C\C/C=C\CCCCCCCCCCCCCCCCCCC(=O)NC(CO)C(O)/C=C/CC/C=C/CC/C=C/CCCCCCCCCCCCCCCCCCC. The molecule has 2 atom stereocenters. The molecule has 0 bridgehead atoms. The molecule has 394 valence electrons. The standard InChI is InChI=1S/C64H115NO3/c1-3-5-7-9-11-13-15-17-19-21-23-25-27-29-31-32-34-36-38-40-42-44-46-48-50-52-54-56-58-60-64(68)65-62(61-66)63(67)59-57-55-53-51-49-47-45-43-41-39-37-35-33-30-28-26-24-22-20-18-16-14-12-10-8-6-4-2/h5,7,11,13,17,19,23,25,41,43,49,51,57,59,62-63,66-67H,3-4,6,8-10,12,14-16,18,20-22,24,26-40,42,44-48,50,52-56,58,60-61H2,1-2H3,(H,65,68)/b7-5-,13-11-,19-17-,25-23-,43-41+,51-49+,59-57+. The zero-order valence-electron chi connectivity index (χ0n) is 45.4. The van der Waals surface area contributed by atoms with Gasteiger partial charge < -0.3 is 15.5 Å². The van der Waals surface area contributed by atoms with Crippen LogP contribution >= 0.6 is 0 Å². The molecule has 2 unspecified atom stereocenters. The number of aliphatic hydroxyl groups is 2. The van der Waals surface area contributed by atoms with Crippen LogP contribution in [0.25, 0.3) is 0 Å². The minimum atomic E-state index is -0.875. The molecule has 0 heterocycles. The van der Waals surface area contributed by atoms with E-state index in [1.165, 1.54) is 212 Å². The Balaban J connectivity index is 3.55. The van der Waals surface area contributed by atoms with E-state index >= 15 is 0 Å². The number of hydrogen-bond acceptors (Lipinski definition) is 3. The Morgan fingerprint density at radius 3 is 1.03 bits per heavy atom. The molecule has 4 heteroatoms. The first-order valence-electron chi connectivity index (χ1n) is 29.8.